The van der Waals surface area contributed by atoms with Crippen molar-refractivity contribution in [3.8, 4) is 0 Å². The Labute approximate surface area is 155 Å². The fourth-order valence-electron chi connectivity index (χ4n) is 2.96. The lowest BCUT2D eigenvalue weighted by Crippen LogP contribution is -2.22. The van der Waals surface area contributed by atoms with Gasteiger partial charge in [0.15, 0.2) is 0 Å². The van der Waals surface area contributed by atoms with Crippen LogP contribution in [0.2, 0.25) is 0 Å². The van der Waals surface area contributed by atoms with Gasteiger partial charge in [-0.2, -0.15) is 0 Å². The van der Waals surface area contributed by atoms with Gasteiger partial charge in [0.25, 0.3) is 0 Å². The molecule has 3 nitrogen and oxygen atoms in total. The number of rotatable bonds is 6. The van der Waals surface area contributed by atoms with E-state index in [1.807, 2.05) is 12.3 Å². The summed E-state index contributed by atoms with van der Waals surface area (Å²) >= 11 is 3.54. The van der Waals surface area contributed by atoms with Crippen LogP contribution < -0.4 is 5.32 Å². The molecule has 0 aliphatic heterocycles. The predicted molar refractivity (Wildman–Crippen MR) is 106 cm³/mol. The lowest BCUT2D eigenvalue weighted by atomic mass is 10.1. The fourth-order valence-corrected chi connectivity index (χ4v) is 4.59. The van der Waals surface area contributed by atoms with Crippen molar-refractivity contribution in [2.45, 2.75) is 25.9 Å². The second-order valence-electron chi connectivity index (χ2n) is 6.03. The largest absolute Gasteiger partial charge is 0.303 e. The minimum absolute atomic E-state index is 0.226. The maximum atomic E-state index is 4.71. The molecule has 0 aliphatic carbocycles. The van der Waals surface area contributed by atoms with E-state index in [2.05, 4.69) is 64.4 Å². The second kappa shape index (κ2) is 7.44. The summed E-state index contributed by atoms with van der Waals surface area (Å²) in [6.45, 7) is 2.86. The average molecular weight is 366 g/mol. The number of aromatic nitrogens is 2. The number of nitrogens with one attached hydrogen (secondary N) is 1. The number of aryl methyl sites for hydroxylation is 1. The molecule has 0 spiro atoms. The lowest BCUT2D eigenvalue weighted by molar-refractivity contribution is 0.532. The minimum Gasteiger partial charge on any atom is -0.303 e. The summed E-state index contributed by atoms with van der Waals surface area (Å²) in [6, 6.07) is 15.0. The number of hydrogen-bond donors (Lipinski definition) is 1. The van der Waals surface area contributed by atoms with Crippen molar-refractivity contribution in [1.82, 2.24) is 15.3 Å². The quantitative estimate of drug-likeness (QED) is 0.514. The molecule has 0 unspecified atom stereocenters. The van der Waals surface area contributed by atoms with Crippen molar-refractivity contribution in [2.24, 2.45) is 0 Å². The Morgan fingerprint density at radius 1 is 1.08 bits per heavy atom. The summed E-state index contributed by atoms with van der Waals surface area (Å²) < 4.78 is 0. The van der Waals surface area contributed by atoms with E-state index in [4.69, 9.17) is 4.98 Å². The van der Waals surface area contributed by atoms with Gasteiger partial charge in [-0.1, -0.05) is 24.3 Å². The van der Waals surface area contributed by atoms with Crippen LogP contribution in [0.3, 0.4) is 0 Å². The van der Waals surface area contributed by atoms with Gasteiger partial charge in [-0.3, -0.25) is 4.98 Å². The molecule has 4 aromatic rings. The SMILES string of the molecule is Cc1csc([C@@H](Cc2cccs2)NCc2cccc3ncccc23)n1. The number of fused-ring (bicyclic) bond motifs is 1. The molecule has 126 valence electrons. The third kappa shape index (κ3) is 3.79. The molecule has 3 aromatic heterocycles. The van der Waals surface area contributed by atoms with Crippen LogP contribution in [0.5, 0.6) is 0 Å². The molecule has 0 bridgehead atoms. The van der Waals surface area contributed by atoms with E-state index < -0.39 is 0 Å². The highest BCUT2D eigenvalue weighted by molar-refractivity contribution is 7.10. The summed E-state index contributed by atoms with van der Waals surface area (Å²) in [6.07, 6.45) is 2.81. The highest BCUT2D eigenvalue weighted by atomic mass is 32.1. The van der Waals surface area contributed by atoms with Gasteiger partial charge < -0.3 is 5.32 Å². The average Bonchev–Trinajstić information content (AvgIpc) is 3.30. The van der Waals surface area contributed by atoms with Gasteiger partial charge in [-0.15, -0.1) is 22.7 Å². The zero-order valence-corrected chi connectivity index (χ0v) is 15.6. The van der Waals surface area contributed by atoms with Gasteiger partial charge in [0.1, 0.15) is 5.01 Å². The first-order valence-corrected chi connectivity index (χ1v) is 10.1. The van der Waals surface area contributed by atoms with Crippen molar-refractivity contribution in [1.29, 1.82) is 0 Å². The molecule has 0 saturated carbocycles. The first kappa shape index (κ1) is 16.4. The van der Waals surface area contributed by atoms with Crippen LogP contribution in [0.1, 0.15) is 27.2 Å². The molecule has 3 heterocycles. The number of thiazole rings is 1. The number of pyridine rings is 1. The Bertz CT molecular complexity index is 955. The molecule has 1 atom stereocenters. The van der Waals surface area contributed by atoms with Gasteiger partial charge in [-0.05, 0) is 36.1 Å². The summed E-state index contributed by atoms with van der Waals surface area (Å²) in [4.78, 5) is 10.5. The third-order valence-corrected chi connectivity index (χ3v) is 6.17. The number of benzene rings is 1. The topological polar surface area (TPSA) is 37.8 Å². The van der Waals surface area contributed by atoms with E-state index in [-0.39, 0.29) is 6.04 Å². The van der Waals surface area contributed by atoms with Crippen molar-refractivity contribution < 1.29 is 0 Å². The van der Waals surface area contributed by atoms with Crippen LogP contribution in [0.15, 0.2) is 59.4 Å². The highest BCUT2D eigenvalue weighted by Gasteiger charge is 2.16. The van der Waals surface area contributed by atoms with Crippen molar-refractivity contribution in [3.05, 3.63) is 80.6 Å². The standard InChI is InChI=1S/C20H19N3S2/c1-14-13-25-20(23-14)19(11-16-6-4-10-24-16)22-12-15-5-2-8-18-17(15)7-3-9-21-18/h2-10,13,19,22H,11-12H2,1H3/t19-/m1/s1. The molecule has 5 heteroatoms. The maximum Gasteiger partial charge on any atom is 0.110 e. The van der Waals surface area contributed by atoms with E-state index in [1.54, 1.807) is 22.7 Å². The molecule has 1 N–H and O–H groups in total. The van der Waals surface area contributed by atoms with E-state index in [0.717, 1.165) is 29.2 Å². The minimum atomic E-state index is 0.226. The molecule has 0 aliphatic rings. The molecule has 0 saturated heterocycles. The zero-order valence-electron chi connectivity index (χ0n) is 14.0. The summed E-state index contributed by atoms with van der Waals surface area (Å²) in [5, 5.41) is 10.4. The summed E-state index contributed by atoms with van der Waals surface area (Å²) in [7, 11) is 0. The van der Waals surface area contributed by atoms with Gasteiger partial charge in [-0.25, -0.2) is 4.98 Å². The molecule has 0 fully saturated rings. The van der Waals surface area contributed by atoms with Crippen LogP contribution in [-0.2, 0) is 13.0 Å². The van der Waals surface area contributed by atoms with Gasteiger partial charge in [0, 0.05) is 40.5 Å². The first-order valence-electron chi connectivity index (χ1n) is 8.30. The van der Waals surface area contributed by atoms with E-state index in [0.29, 0.717) is 0 Å². The molecule has 25 heavy (non-hydrogen) atoms. The molecular weight excluding hydrogens is 346 g/mol. The number of hydrogen-bond acceptors (Lipinski definition) is 5. The molecule has 1 aromatic carbocycles. The fraction of sp³-hybridized carbons (Fsp3) is 0.200. The van der Waals surface area contributed by atoms with E-state index in [1.165, 1.54) is 15.8 Å². The monoisotopic (exact) mass is 365 g/mol. The summed E-state index contributed by atoms with van der Waals surface area (Å²) in [5.41, 5.74) is 3.41. The van der Waals surface area contributed by atoms with Crippen molar-refractivity contribution in [2.75, 3.05) is 0 Å². The Morgan fingerprint density at radius 3 is 2.84 bits per heavy atom. The van der Waals surface area contributed by atoms with E-state index >= 15 is 0 Å². The van der Waals surface area contributed by atoms with Crippen LogP contribution in [0.25, 0.3) is 10.9 Å². The van der Waals surface area contributed by atoms with Crippen LogP contribution in [0, 0.1) is 6.92 Å². The third-order valence-electron chi connectivity index (χ3n) is 4.20. The molecule has 0 amide bonds. The molecule has 0 radical (unpaired) electrons. The Morgan fingerprint density at radius 2 is 2.04 bits per heavy atom. The van der Waals surface area contributed by atoms with Crippen LogP contribution >= 0.6 is 22.7 Å². The summed E-state index contributed by atoms with van der Waals surface area (Å²) in [5.74, 6) is 0. The van der Waals surface area contributed by atoms with Gasteiger partial charge in [0.2, 0.25) is 0 Å². The van der Waals surface area contributed by atoms with Crippen molar-refractivity contribution >= 4 is 33.6 Å². The Kier molecular flexibility index (Phi) is 4.88. The first-order chi connectivity index (χ1) is 12.3. The predicted octanol–water partition coefficient (Wildman–Crippen LogP) is 5.13. The highest BCUT2D eigenvalue weighted by Crippen LogP contribution is 2.25. The molecule has 4 rings (SSSR count). The Hall–Kier alpha value is -2.08. The number of nitrogens with zero attached hydrogens (tertiary/aromatic N) is 2. The zero-order chi connectivity index (χ0) is 17.1. The molecular formula is C20H19N3S2. The van der Waals surface area contributed by atoms with Gasteiger partial charge in [0.05, 0.1) is 11.6 Å². The van der Waals surface area contributed by atoms with Crippen LogP contribution in [0.4, 0.5) is 0 Å². The number of thiophene rings is 1. The van der Waals surface area contributed by atoms with Crippen molar-refractivity contribution in [3.63, 3.8) is 0 Å². The van der Waals surface area contributed by atoms with Crippen LogP contribution in [-0.4, -0.2) is 9.97 Å². The normalized spacial score (nSPS) is 12.5. The Balaban J connectivity index is 1.57. The smallest absolute Gasteiger partial charge is 0.110 e. The van der Waals surface area contributed by atoms with Gasteiger partial charge >= 0.3 is 0 Å². The maximum absolute atomic E-state index is 4.71. The second-order valence-corrected chi connectivity index (χ2v) is 7.95. The van der Waals surface area contributed by atoms with E-state index in [9.17, 15) is 0 Å². The lowest BCUT2D eigenvalue weighted by Gasteiger charge is -2.17.